The van der Waals surface area contributed by atoms with Gasteiger partial charge in [-0.2, -0.15) is 0 Å². The number of Topliss-reactive ketones (excluding diaryl/α,β-unsaturated/α-hetero) is 1. The lowest BCUT2D eigenvalue weighted by Gasteiger charge is -2.41. The Labute approximate surface area is 364 Å². The molecule has 7 rings (SSSR count). The Kier molecular flexibility index (Phi) is 13.3. The first-order chi connectivity index (χ1) is 29.3. The van der Waals surface area contributed by atoms with Crippen LogP contribution in [0, 0.1) is 46.3 Å². The molecule has 3 aliphatic carbocycles. The summed E-state index contributed by atoms with van der Waals surface area (Å²) in [6.07, 6.45) is 1.53. The van der Waals surface area contributed by atoms with Crippen molar-refractivity contribution >= 4 is 44.6 Å². The molecule has 4 fully saturated rings. The number of fused-ring (bicyclic) bond motifs is 5. The van der Waals surface area contributed by atoms with Crippen LogP contribution in [0.25, 0.3) is 11.0 Å². The Balaban J connectivity index is 1.29. The number of alkyl halides is 2. The van der Waals surface area contributed by atoms with E-state index in [-0.39, 0.29) is 43.2 Å². The van der Waals surface area contributed by atoms with Crippen LogP contribution in [0.2, 0.25) is 0 Å². The molecule has 1 N–H and O–H groups in total. The van der Waals surface area contributed by atoms with Crippen molar-refractivity contribution < 1.29 is 50.6 Å². The van der Waals surface area contributed by atoms with Crippen LogP contribution in [-0.4, -0.2) is 90.4 Å². The summed E-state index contributed by atoms with van der Waals surface area (Å²) in [6, 6.07) is 4.15. The van der Waals surface area contributed by atoms with Crippen LogP contribution in [0.1, 0.15) is 124 Å². The number of hydrogen-bond acceptors (Lipinski definition) is 11. The third-order valence-electron chi connectivity index (χ3n) is 14.7. The topological polar surface area (TPSA) is 171 Å². The lowest BCUT2D eigenvalue weighted by molar-refractivity contribution is -0.165. The molecule has 0 unspecified atom stereocenters. The Bertz CT molecular complexity index is 2140. The van der Waals surface area contributed by atoms with E-state index in [9.17, 15) is 31.6 Å². The van der Waals surface area contributed by atoms with Gasteiger partial charge in [0.1, 0.15) is 23.7 Å². The average molecular weight is 887 g/mol. The first kappa shape index (κ1) is 46.1. The molecule has 5 aliphatic rings. The summed E-state index contributed by atoms with van der Waals surface area (Å²) in [4.78, 5) is 69.3. The van der Waals surface area contributed by atoms with Gasteiger partial charge in [0, 0.05) is 24.3 Å². The highest BCUT2D eigenvalue weighted by atomic mass is 32.2. The van der Waals surface area contributed by atoms with Crippen molar-refractivity contribution in [1.29, 1.82) is 0 Å². The number of ketones is 1. The van der Waals surface area contributed by atoms with Crippen molar-refractivity contribution in [3.8, 4) is 11.6 Å². The van der Waals surface area contributed by atoms with Gasteiger partial charge in [-0.25, -0.2) is 27.2 Å². The molecular formula is C46H64F2N4O9S. The fourth-order valence-corrected chi connectivity index (χ4v) is 11.9. The van der Waals surface area contributed by atoms with E-state index in [1.807, 2.05) is 44.5 Å². The lowest BCUT2D eigenvalue weighted by atomic mass is 9.71. The van der Waals surface area contributed by atoms with Gasteiger partial charge in [0.25, 0.3) is 0 Å². The number of ether oxygens (including phenoxy) is 3. The molecule has 16 heteroatoms. The summed E-state index contributed by atoms with van der Waals surface area (Å²) in [7, 11) is -2.55. The Morgan fingerprint density at radius 3 is 2.37 bits per heavy atom. The molecule has 2 aromatic rings. The summed E-state index contributed by atoms with van der Waals surface area (Å²) in [5, 5.41) is -0.785. The van der Waals surface area contributed by atoms with Gasteiger partial charge in [0.15, 0.2) is 5.78 Å². The van der Waals surface area contributed by atoms with Crippen molar-refractivity contribution in [2.24, 2.45) is 46.3 Å². The van der Waals surface area contributed by atoms with Crippen molar-refractivity contribution in [2.45, 2.75) is 155 Å². The number of carbonyl (C=O) groups is 4. The monoisotopic (exact) mass is 886 g/mol. The van der Waals surface area contributed by atoms with Crippen molar-refractivity contribution in [2.75, 3.05) is 13.7 Å². The quantitative estimate of drug-likeness (QED) is 0.252. The molecule has 3 heterocycles. The molecule has 0 radical (unpaired) electrons. The third-order valence-corrected chi connectivity index (χ3v) is 16.5. The van der Waals surface area contributed by atoms with E-state index in [2.05, 4.69) is 13.8 Å². The second kappa shape index (κ2) is 17.9. The van der Waals surface area contributed by atoms with Crippen LogP contribution in [-0.2, 0) is 40.4 Å². The number of benzene rings is 1. The summed E-state index contributed by atoms with van der Waals surface area (Å²) < 4.78 is 75.3. The standard InChI is InChI=1S/C46H64F2N4O9S/c1-8-29-37-24-52(39(29)36(53)23-46(22-32(46)41(47)48)44(56)51-62(57,58)28-17-18-28)43(55)31(45(4,5)6)21-38(54)61-40-26(3)15-14-25(2)30(40)12-10-9-11-13-34-42(60-37)50-35-20-27(59-7)16-19-33(35)49-34/h16,19-20,25-26,28-32,37,39-41H,8-15,17-18,21-24H2,1-7H3,(H,51,56)/t25-,26+,29+,30+,31+,32-,37-,39-,40+,46+/m0/s1. The van der Waals surface area contributed by atoms with Crippen molar-refractivity contribution in [1.82, 2.24) is 19.6 Å². The number of sulfonamides is 1. The molecule has 2 bridgehead atoms. The van der Waals surface area contributed by atoms with E-state index < -0.39 is 92.4 Å². The number of hydrogen-bond donors (Lipinski definition) is 1. The van der Waals surface area contributed by atoms with E-state index in [4.69, 9.17) is 24.2 Å². The van der Waals surface area contributed by atoms with E-state index in [1.54, 1.807) is 13.2 Å². The minimum Gasteiger partial charge on any atom is -0.497 e. The molecule has 0 spiro atoms. The SMILES string of the molecule is CC[C@@H]1[C@@H]2CN(C(=O)[C@H](C(C)(C)C)CC(=O)O[C@H]3[C@H](CCCCCc4nc5ccc(OC)cc5nc4O2)[C@@H](C)CC[C@H]3C)[C@@H]1C(=O)C[C@]1(C(=O)NS(=O)(=O)C2CC2)C[C@H]1C(F)F. The van der Waals surface area contributed by atoms with Crippen LogP contribution in [0.5, 0.6) is 11.6 Å². The molecule has 1 aromatic heterocycles. The summed E-state index contributed by atoms with van der Waals surface area (Å²) >= 11 is 0. The zero-order valence-electron chi connectivity index (χ0n) is 37.2. The number of nitrogens with zero attached hydrogens (tertiary/aromatic N) is 3. The number of nitrogens with one attached hydrogen (secondary N) is 1. The van der Waals surface area contributed by atoms with Gasteiger partial charge < -0.3 is 19.1 Å². The predicted molar refractivity (Wildman–Crippen MR) is 227 cm³/mol. The highest BCUT2D eigenvalue weighted by molar-refractivity contribution is 7.90. The van der Waals surface area contributed by atoms with Gasteiger partial charge in [-0.05, 0) is 93.1 Å². The van der Waals surface area contributed by atoms with E-state index in [0.717, 1.165) is 38.5 Å². The molecule has 1 aromatic carbocycles. The smallest absolute Gasteiger partial charge is 0.306 e. The Morgan fingerprint density at radius 1 is 1.00 bits per heavy atom. The van der Waals surface area contributed by atoms with Gasteiger partial charge in [0.05, 0.1) is 53.7 Å². The van der Waals surface area contributed by atoms with E-state index >= 15 is 4.79 Å². The highest BCUT2D eigenvalue weighted by Gasteiger charge is 2.66. The molecule has 342 valence electrons. The lowest BCUT2D eigenvalue weighted by Crippen LogP contribution is -2.50. The molecule has 13 nitrogen and oxygen atoms in total. The van der Waals surface area contributed by atoms with Gasteiger partial charge >= 0.3 is 5.97 Å². The number of aromatic nitrogens is 2. The largest absolute Gasteiger partial charge is 0.497 e. The summed E-state index contributed by atoms with van der Waals surface area (Å²) in [5.74, 6) is -4.50. The predicted octanol–water partition coefficient (Wildman–Crippen LogP) is 7.22. The van der Waals surface area contributed by atoms with Crippen molar-refractivity contribution in [3.63, 3.8) is 0 Å². The van der Waals surface area contributed by atoms with Gasteiger partial charge in [-0.3, -0.25) is 23.9 Å². The molecule has 1 saturated heterocycles. The number of rotatable bonds is 9. The molecule has 10 atom stereocenters. The second-order valence-electron chi connectivity index (χ2n) is 20.0. The fourth-order valence-electron chi connectivity index (χ4n) is 10.5. The summed E-state index contributed by atoms with van der Waals surface area (Å²) in [5.41, 5.74) is -0.974. The first-order valence-corrected chi connectivity index (χ1v) is 24.2. The Hall–Kier alpha value is -3.95. The zero-order chi connectivity index (χ0) is 44.9. The zero-order valence-corrected chi connectivity index (χ0v) is 38.0. The van der Waals surface area contributed by atoms with Crippen molar-refractivity contribution in [3.05, 3.63) is 23.9 Å². The van der Waals surface area contributed by atoms with Crippen LogP contribution in [0.3, 0.4) is 0 Å². The molecular weight excluding hydrogens is 823 g/mol. The maximum Gasteiger partial charge on any atom is 0.306 e. The number of aryl methyl sites for hydroxylation is 1. The average Bonchev–Trinajstić information content (AvgIpc) is 4.15. The summed E-state index contributed by atoms with van der Waals surface area (Å²) in [6.45, 7) is 11.6. The maximum absolute atomic E-state index is 15.2. The molecule has 2 aliphatic heterocycles. The third kappa shape index (κ3) is 9.45. The highest BCUT2D eigenvalue weighted by Crippen LogP contribution is 2.59. The van der Waals surface area contributed by atoms with Crippen LogP contribution in [0.15, 0.2) is 18.2 Å². The van der Waals surface area contributed by atoms with Gasteiger partial charge in [-0.15, -0.1) is 0 Å². The number of carbonyl (C=O) groups excluding carboxylic acids is 4. The minimum atomic E-state index is -4.11. The molecule has 2 amide bonds. The normalized spacial score (nSPS) is 32.5. The van der Waals surface area contributed by atoms with Gasteiger partial charge in [0.2, 0.25) is 34.1 Å². The van der Waals surface area contributed by atoms with E-state index in [0.29, 0.717) is 54.1 Å². The Morgan fingerprint density at radius 2 is 1.73 bits per heavy atom. The number of halogens is 2. The van der Waals surface area contributed by atoms with Gasteiger partial charge in [-0.1, -0.05) is 54.4 Å². The van der Waals surface area contributed by atoms with Crippen LogP contribution >= 0.6 is 0 Å². The minimum absolute atomic E-state index is 0.0978. The molecule has 3 saturated carbocycles. The number of methoxy groups -OCH3 is 1. The maximum atomic E-state index is 15.2. The first-order valence-electron chi connectivity index (χ1n) is 22.7. The second-order valence-corrected chi connectivity index (χ2v) is 21.9. The van der Waals surface area contributed by atoms with E-state index in [1.165, 1.54) is 4.90 Å². The van der Waals surface area contributed by atoms with Crippen LogP contribution in [0.4, 0.5) is 8.78 Å². The number of amides is 2. The number of esters is 1. The molecule has 62 heavy (non-hydrogen) atoms. The van der Waals surface area contributed by atoms with Crippen LogP contribution < -0.4 is 14.2 Å². The fraction of sp³-hybridized carbons (Fsp3) is 0.739.